The van der Waals surface area contributed by atoms with Crippen LogP contribution in [0.4, 0.5) is 11.4 Å². The molecule has 7 nitrogen and oxygen atoms in total. The molecular weight excluding hydrogens is 347 g/mol. The number of nitrogens with zero attached hydrogens (tertiary/aromatic N) is 1. The second-order valence-electron chi connectivity index (χ2n) is 5.03. The van der Waals surface area contributed by atoms with Crippen molar-refractivity contribution in [2.24, 2.45) is 11.8 Å². The molecule has 1 amide bonds. The van der Waals surface area contributed by atoms with Gasteiger partial charge in [0.2, 0.25) is 5.91 Å². The van der Waals surface area contributed by atoms with Crippen molar-refractivity contribution in [2.45, 2.75) is 12.8 Å². The Morgan fingerprint density at radius 2 is 1.96 bits per heavy atom. The number of halogens is 2. The summed E-state index contributed by atoms with van der Waals surface area (Å²) in [6.45, 7) is 0. The fraction of sp³-hybridized carbons (Fsp3) is 0.286. The van der Waals surface area contributed by atoms with Crippen molar-refractivity contribution in [3.63, 3.8) is 0 Å². The number of anilines is 1. The van der Waals surface area contributed by atoms with Crippen molar-refractivity contribution in [3.8, 4) is 0 Å². The van der Waals surface area contributed by atoms with Gasteiger partial charge in [0.15, 0.2) is 0 Å². The van der Waals surface area contributed by atoms with E-state index in [0.29, 0.717) is 5.03 Å². The Balaban J connectivity index is 2.26. The highest BCUT2D eigenvalue weighted by atomic mass is 35.5. The summed E-state index contributed by atoms with van der Waals surface area (Å²) in [5.41, 5.74) is -0.444. The average molecular weight is 358 g/mol. The van der Waals surface area contributed by atoms with E-state index in [1.807, 2.05) is 0 Å². The van der Waals surface area contributed by atoms with E-state index in [0.717, 1.165) is 6.07 Å². The molecule has 1 aromatic carbocycles. The molecule has 0 saturated heterocycles. The minimum absolute atomic E-state index is 0.0351. The number of carboxylic acids is 1. The first kappa shape index (κ1) is 17.2. The number of carboxylic acid groups (broad SMARTS) is 1. The Hall–Kier alpha value is -2.12. The smallest absolute Gasteiger partial charge is 0.294 e. The van der Waals surface area contributed by atoms with Crippen LogP contribution in [-0.4, -0.2) is 16.8 Å². The van der Waals surface area contributed by atoms with E-state index in [-0.39, 0.29) is 29.2 Å². The third kappa shape index (κ3) is 4.00. The molecule has 0 saturated carbocycles. The summed E-state index contributed by atoms with van der Waals surface area (Å²) in [5, 5.41) is 25.1. The Kier molecular flexibility index (Phi) is 5.23. The maximum atomic E-state index is 12.3. The number of hydrogen-bond donors (Lipinski definition) is 1. The zero-order valence-corrected chi connectivity index (χ0v) is 13.1. The minimum Gasteiger partial charge on any atom is -0.550 e. The zero-order chi connectivity index (χ0) is 17.1. The van der Waals surface area contributed by atoms with Crippen molar-refractivity contribution in [1.82, 2.24) is 0 Å². The predicted octanol–water partition coefficient (Wildman–Crippen LogP) is 2.09. The number of carbonyl (C=O) groups excluding carboxylic acids is 2. The first-order chi connectivity index (χ1) is 10.8. The van der Waals surface area contributed by atoms with Gasteiger partial charge in [-0.25, -0.2) is 0 Å². The highest BCUT2D eigenvalue weighted by Crippen LogP contribution is 2.34. The highest BCUT2D eigenvalue weighted by molar-refractivity contribution is 6.31. The quantitative estimate of drug-likeness (QED) is 0.654. The van der Waals surface area contributed by atoms with Crippen molar-refractivity contribution in [2.75, 3.05) is 5.32 Å². The van der Waals surface area contributed by atoms with Gasteiger partial charge in [-0.05, 0) is 25.0 Å². The lowest BCUT2D eigenvalue weighted by Gasteiger charge is -2.29. The van der Waals surface area contributed by atoms with Gasteiger partial charge >= 0.3 is 0 Å². The van der Waals surface area contributed by atoms with Crippen LogP contribution >= 0.6 is 23.2 Å². The van der Waals surface area contributed by atoms with Gasteiger partial charge in [0.25, 0.3) is 5.69 Å². The van der Waals surface area contributed by atoms with E-state index < -0.39 is 28.6 Å². The topological polar surface area (TPSA) is 112 Å². The van der Waals surface area contributed by atoms with Gasteiger partial charge < -0.3 is 15.2 Å². The lowest BCUT2D eigenvalue weighted by atomic mass is 9.82. The number of nitro benzene ring substituents is 1. The van der Waals surface area contributed by atoms with Gasteiger partial charge in [0, 0.05) is 28.0 Å². The van der Waals surface area contributed by atoms with E-state index in [1.165, 1.54) is 18.2 Å². The monoisotopic (exact) mass is 357 g/mol. The number of aliphatic carboxylic acids is 1. The fourth-order valence-corrected chi connectivity index (χ4v) is 2.80. The van der Waals surface area contributed by atoms with Crippen LogP contribution in [0.5, 0.6) is 0 Å². The fourth-order valence-electron chi connectivity index (χ4n) is 2.38. The Morgan fingerprint density at radius 3 is 2.57 bits per heavy atom. The minimum atomic E-state index is -1.36. The van der Waals surface area contributed by atoms with Crippen molar-refractivity contribution in [3.05, 3.63) is 44.4 Å². The number of nitro groups is 1. The Morgan fingerprint density at radius 1 is 1.26 bits per heavy atom. The summed E-state index contributed by atoms with van der Waals surface area (Å²) in [6.07, 6.45) is 1.63. The molecule has 2 rings (SSSR count). The van der Waals surface area contributed by atoms with Gasteiger partial charge in [-0.3, -0.25) is 14.9 Å². The van der Waals surface area contributed by atoms with E-state index in [9.17, 15) is 24.8 Å². The van der Waals surface area contributed by atoms with Gasteiger partial charge in [-0.1, -0.05) is 29.3 Å². The maximum absolute atomic E-state index is 12.3. The normalized spacial score (nSPS) is 20.5. The molecule has 0 heterocycles. The molecule has 9 heteroatoms. The van der Waals surface area contributed by atoms with Gasteiger partial charge in [0.1, 0.15) is 5.69 Å². The van der Waals surface area contributed by atoms with E-state index in [2.05, 4.69) is 5.32 Å². The first-order valence-corrected chi connectivity index (χ1v) is 7.35. The third-order valence-corrected chi connectivity index (χ3v) is 4.09. The van der Waals surface area contributed by atoms with Crippen LogP contribution in [0, 0.1) is 22.0 Å². The van der Waals surface area contributed by atoms with Crippen LogP contribution in [0.1, 0.15) is 12.8 Å². The summed E-state index contributed by atoms with van der Waals surface area (Å²) in [7, 11) is 0. The summed E-state index contributed by atoms with van der Waals surface area (Å²) < 4.78 is 0. The summed E-state index contributed by atoms with van der Waals surface area (Å²) >= 11 is 11.6. The standard InChI is InChI=1S/C14H12Cl2N2O5/c15-7-1-3-9(14(20)21)10(5-7)13(19)17-11-4-2-8(16)6-12(11)18(22)23/h1-2,4,6,9-10H,3,5H2,(H,17,19)(H,20,21)/p-1/t9-,10-/m0/s1. The van der Waals surface area contributed by atoms with Crippen LogP contribution in [-0.2, 0) is 9.59 Å². The summed E-state index contributed by atoms with van der Waals surface area (Å²) in [4.78, 5) is 33.8. The summed E-state index contributed by atoms with van der Waals surface area (Å²) in [6, 6.07) is 3.77. The number of rotatable bonds is 4. The van der Waals surface area contributed by atoms with E-state index in [4.69, 9.17) is 23.2 Å². The molecule has 23 heavy (non-hydrogen) atoms. The molecule has 1 aliphatic carbocycles. The van der Waals surface area contributed by atoms with Crippen LogP contribution in [0.25, 0.3) is 0 Å². The summed E-state index contributed by atoms with van der Waals surface area (Å²) in [5.74, 6) is -4.04. The number of hydrogen-bond acceptors (Lipinski definition) is 5. The van der Waals surface area contributed by atoms with E-state index >= 15 is 0 Å². The number of nitrogens with one attached hydrogen (secondary N) is 1. The highest BCUT2D eigenvalue weighted by Gasteiger charge is 2.33. The molecule has 0 fully saturated rings. The third-order valence-electron chi connectivity index (χ3n) is 3.55. The zero-order valence-electron chi connectivity index (χ0n) is 11.6. The van der Waals surface area contributed by atoms with Crippen molar-refractivity contribution >= 4 is 46.5 Å². The molecule has 122 valence electrons. The molecule has 1 aromatic rings. The van der Waals surface area contributed by atoms with Gasteiger partial charge in [-0.2, -0.15) is 0 Å². The number of benzene rings is 1. The van der Waals surface area contributed by atoms with Crippen LogP contribution in [0.2, 0.25) is 5.02 Å². The largest absolute Gasteiger partial charge is 0.550 e. The van der Waals surface area contributed by atoms with Gasteiger partial charge in [0.05, 0.1) is 10.8 Å². The van der Waals surface area contributed by atoms with Crippen molar-refractivity contribution < 1.29 is 19.6 Å². The molecule has 1 aliphatic rings. The number of carbonyl (C=O) groups is 2. The molecule has 0 unspecified atom stereocenters. The molecule has 0 aromatic heterocycles. The average Bonchev–Trinajstić information content (AvgIpc) is 2.48. The molecule has 0 bridgehead atoms. The number of allylic oxidation sites excluding steroid dienone is 2. The van der Waals surface area contributed by atoms with Crippen molar-refractivity contribution in [1.29, 1.82) is 0 Å². The lowest BCUT2D eigenvalue weighted by Crippen LogP contribution is -2.42. The predicted molar refractivity (Wildman–Crippen MR) is 81.9 cm³/mol. The van der Waals surface area contributed by atoms with E-state index in [1.54, 1.807) is 0 Å². The van der Waals surface area contributed by atoms with Crippen LogP contribution < -0.4 is 10.4 Å². The number of amides is 1. The first-order valence-electron chi connectivity index (χ1n) is 6.59. The molecule has 2 atom stereocenters. The molecule has 0 spiro atoms. The van der Waals surface area contributed by atoms with Crippen LogP contribution in [0.15, 0.2) is 29.3 Å². The van der Waals surface area contributed by atoms with Crippen LogP contribution in [0.3, 0.4) is 0 Å². The molecular formula is C14H11Cl2N2O5-. The molecule has 0 radical (unpaired) electrons. The Labute approximate surface area is 141 Å². The maximum Gasteiger partial charge on any atom is 0.294 e. The second kappa shape index (κ2) is 6.97. The Bertz CT molecular complexity index is 704. The molecule has 1 N–H and O–H groups in total. The molecule has 0 aliphatic heterocycles. The SMILES string of the molecule is O=C([O-])[C@H]1CC=C(Cl)C[C@@H]1C(=O)Nc1ccc(Cl)cc1[N+](=O)[O-]. The van der Waals surface area contributed by atoms with Gasteiger partial charge in [-0.15, -0.1) is 0 Å². The second-order valence-corrected chi connectivity index (χ2v) is 5.95. The lowest BCUT2D eigenvalue weighted by molar-refractivity contribution is -0.383.